The van der Waals surface area contributed by atoms with Crippen LogP contribution < -0.4 is 0 Å². The molecule has 0 bridgehead atoms. The zero-order valence-electron chi connectivity index (χ0n) is 11.4. The molecule has 0 spiro atoms. The van der Waals surface area contributed by atoms with E-state index in [0.717, 1.165) is 0 Å². The van der Waals surface area contributed by atoms with Crippen molar-refractivity contribution in [3.05, 3.63) is 72.6 Å². The van der Waals surface area contributed by atoms with Gasteiger partial charge in [-0.15, -0.1) is 0 Å². The molecule has 0 amide bonds. The summed E-state index contributed by atoms with van der Waals surface area (Å²) < 4.78 is 14.7. The van der Waals surface area contributed by atoms with E-state index < -0.39 is 11.8 Å². The summed E-state index contributed by atoms with van der Waals surface area (Å²) in [4.78, 5) is 19.3. The Kier molecular flexibility index (Phi) is 3.62. The second-order valence-electron chi connectivity index (χ2n) is 4.63. The number of aromatic carboxylic acids is 1. The molecule has 0 aliphatic heterocycles. The van der Waals surface area contributed by atoms with E-state index in [-0.39, 0.29) is 11.1 Å². The highest BCUT2D eigenvalue weighted by Crippen LogP contribution is 2.32. The van der Waals surface area contributed by atoms with Crippen molar-refractivity contribution in [2.75, 3.05) is 0 Å². The highest BCUT2D eigenvalue weighted by atomic mass is 19.1. The van der Waals surface area contributed by atoms with Gasteiger partial charge in [-0.2, -0.15) is 0 Å². The van der Waals surface area contributed by atoms with Gasteiger partial charge in [0.25, 0.3) is 0 Å². The highest BCUT2D eigenvalue weighted by Gasteiger charge is 2.21. The molecule has 0 fully saturated rings. The Morgan fingerprint density at radius 1 is 0.818 bits per heavy atom. The number of carboxylic acids is 1. The van der Waals surface area contributed by atoms with Crippen molar-refractivity contribution in [2.24, 2.45) is 0 Å². The molecule has 0 atom stereocenters. The number of aromatic nitrogens is 2. The number of carbonyl (C=O) groups is 1. The zero-order valence-corrected chi connectivity index (χ0v) is 11.4. The minimum absolute atomic E-state index is 0.234. The lowest BCUT2D eigenvalue weighted by Crippen LogP contribution is -2.05. The molecular weight excluding hydrogens is 283 g/mol. The molecule has 4 nitrogen and oxygen atoms in total. The summed E-state index contributed by atoms with van der Waals surface area (Å²) >= 11 is 0. The molecule has 5 heteroatoms. The highest BCUT2D eigenvalue weighted by molar-refractivity contribution is 5.98. The first kappa shape index (κ1) is 13.9. The van der Waals surface area contributed by atoms with Crippen molar-refractivity contribution >= 4 is 5.97 Å². The number of rotatable bonds is 3. The smallest absolute Gasteiger partial charge is 0.339 e. The quantitative estimate of drug-likeness (QED) is 0.801. The Morgan fingerprint density at radius 2 is 1.27 bits per heavy atom. The monoisotopic (exact) mass is 294 g/mol. The number of hydrogen-bond donors (Lipinski definition) is 1. The Labute approximate surface area is 125 Å². The Bertz CT molecular complexity index is 821. The van der Waals surface area contributed by atoms with Crippen LogP contribution in [0.15, 0.2) is 61.2 Å². The average Bonchev–Trinajstić information content (AvgIpc) is 2.55. The van der Waals surface area contributed by atoms with Gasteiger partial charge in [-0.05, 0) is 41.0 Å². The number of nitrogens with zero attached hydrogens (tertiary/aromatic N) is 2. The molecule has 0 radical (unpaired) electrons. The molecule has 108 valence electrons. The minimum Gasteiger partial charge on any atom is -0.478 e. The molecule has 0 aliphatic carbocycles. The Morgan fingerprint density at radius 3 is 1.77 bits per heavy atom. The van der Waals surface area contributed by atoms with Crippen LogP contribution >= 0.6 is 0 Å². The Balaban J connectivity index is 2.24. The van der Waals surface area contributed by atoms with Crippen molar-refractivity contribution < 1.29 is 14.3 Å². The maximum atomic E-state index is 14.7. The fourth-order valence-corrected chi connectivity index (χ4v) is 2.31. The van der Waals surface area contributed by atoms with E-state index in [1.165, 1.54) is 24.8 Å². The summed E-state index contributed by atoms with van der Waals surface area (Å²) in [6.45, 7) is 0. The van der Waals surface area contributed by atoms with Crippen LogP contribution in [0.5, 0.6) is 0 Å². The van der Waals surface area contributed by atoms with Crippen LogP contribution in [0.1, 0.15) is 10.4 Å². The van der Waals surface area contributed by atoms with E-state index in [2.05, 4.69) is 9.97 Å². The number of hydrogen-bond acceptors (Lipinski definition) is 3. The summed E-state index contributed by atoms with van der Waals surface area (Å²) in [5.74, 6) is -2.06. The van der Waals surface area contributed by atoms with Crippen LogP contribution in [-0.4, -0.2) is 21.0 Å². The maximum Gasteiger partial charge on any atom is 0.339 e. The first-order valence-electron chi connectivity index (χ1n) is 6.55. The van der Waals surface area contributed by atoms with Crippen LogP contribution in [-0.2, 0) is 0 Å². The van der Waals surface area contributed by atoms with E-state index in [4.69, 9.17) is 0 Å². The van der Waals surface area contributed by atoms with Gasteiger partial charge in [0.1, 0.15) is 11.4 Å². The van der Waals surface area contributed by atoms with Crippen molar-refractivity contribution in [3.8, 4) is 22.3 Å². The van der Waals surface area contributed by atoms with Gasteiger partial charge < -0.3 is 5.11 Å². The third-order valence-corrected chi connectivity index (χ3v) is 3.34. The van der Waals surface area contributed by atoms with Crippen LogP contribution in [0.4, 0.5) is 4.39 Å². The lowest BCUT2D eigenvalue weighted by Gasteiger charge is -2.11. The van der Waals surface area contributed by atoms with Crippen LogP contribution in [0, 0.1) is 5.82 Å². The summed E-state index contributed by atoms with van der Waals surface area (Å²) in [6.07, 6.45) is 6.14. The second kappa shape index (κ2) is 5.73. The Hall–Kier alpha value is -3.08. The zero-order chi connectivity index (χ0) is 15.5. The lowest BCUT2D eigenvalue weighted by atomic mass is 9.95. The summed E-state index contributed by atoms with van der Waals surface area (Å²) in [5, 5.41) is 9.41. The van der Waals surface area contributed by atoms with Crippen molar-refractivity contribution in [1.29, 1.82) is 0 Å². The molecule has 22 heavy (non-hydrogen) atoms. The van der Waals surface area contributed by atoms with Gasteiger partial charge in [-0.25, -0.2) is 9.18 Å². The number of carboxylic acid groups (broad SMARTS) is 1. The molecule has 2 aromatic heterocycles. The van der Waals surface area contributed by atoms with Crippen molar-refractivity contribution in [2.45, 2.75) is 0 Å². The summed E-state index contributed by atoms with van der Waals surface area (Å²) in [5.41, 5.74) is 1.40. The second-order valence-corrected chi connectivity index (χ2v) is 4.63. The van der Waals surface area contributed by atoms with Gasteiger partial charge in [0.2, 0.25) is 0 Å². The topological polar surface area (TPSA) is 63.1 Å². The average molecular weight is 294 g/mol. The molecule has 1 N–H and O–H groups in total. The first-order chi connectivity index (χ1) is 10.7. The molecule has 0 aliphatic rings. The minimum atomic E-state index is -1.31. The van der Waals surface area contributed by atoms with Crippen molar-refractivity contribution in [1.82, 2.24) is 9.97 Å². The molecule has 2 heterocycles. The van der Waals surface area contributed by atoms with Crippen LogP contribution in [0.3, 0.4) is 0 Å². The summed E-state index contributed by atoms with van der Waals surface area (Å²) in [6, 6.07) is 9.75. The van der Waals surface area contributed by atoms with Crippen LogP contribution in [0.2, 0.25) is 0 Å². The molecule has 3 aromatic rings. The SMILES string of the molecule is O=C(O)c1c(-c2ccncc2)ccc(-c2ccncc2)c1F. The normalized spacial score (nSPS) is 10.4. The van der Waals surface area contributed by atoms with Crippen LogP contribution in [0.25, 0.3) is 22.3 Å². The molecular formula is C17H11FN2O2. The predicted octanol–water partition coefficient (Wildman–Crippen LogP) is 3.65. The van der Waals surface area contributed by atoms with Gasteiger partial charge in [0.15, 0.2) is 0 Å². The molecule has 3 rings (SSSR count). The predicted molar refractivity (Wildman–Crippen MR) is 79.8 cm³/mol. The van der Waals surface area contributed by atoms with E-state index in [1.54, 1.807) is 36.4 Å². The largest absolute Gasteiger partial charge is 0.478 e. The van der Waals surface area contributed by atoms with E-state index in [0.29, 0.717) is 16.7 Å². The molecule has 0 saturated heterocycles. The number of pyridine rings is 2. The van der Waals surface area contributed by atoms with Gasteiger partial charge >= 0.3 is 5.97 Å². The standard InChI is InChI=1S/C17H11FN2O2/c18-16-14(12-5-9-20-10-6-12)2-1-13(15(16)17(21)22)11-3-7-19-8-4-11/h1-10H,(H,21,22). The third kappa shape index (κ3) is 2.44. The van der Waals surface area contributed by atoms with Gasteiger partial charge in [-0.1, -0.05) is 12.1 Å². The first-order valence-corrected chi connectivity index (χ1v) is 6.55. The van der Waals surface area contributed by atoms with Gasteiger partial charge in [0.05, 0.1) is 0 Å². The maximum absolute atomic E-state index is 14.7. The van der Waals surface area contributed by atoms with E-state index >= 15 is 0 Å². The summed E-state index contributed by atoms with van der Waals surface area (Å²) in [7, 11) is 0. The van der Waals surface area contributed by atoms with Gasteiger partial charge in [-0.3, -0.25) is 9.97 Å². The molecule has 1 aromatic carbocycles. The third-order valence-electron chi connectivity index (χ3n) is 3.34. The molecule has 0 saturated carbocycles. The number of benzene rings is 1. The van der Waals surface area contributed by atoms with E-state index in [9.17, 15) is 14.3 Å². The van der Waals surface area contributed by atoms with Gasteiger partial charge in [0, 0.05) is 30.4 Å². The van der Waals surface area contributed by atoms with E-state index in [1.807, 2.05) is 0 Å². The fourth-order valence-electron chi connectivity index (χ4n) is 2.31. The number of halogens is 1. The van der Waals surface area contributed by atoms with Crippen molar-refractivity contribution in [3.63, 3.8) is 0 Å². The fraction of sp³-hybridized carbons (Fsp3) is 0. The molecule has 0 unspecified atom stereocenters. The lowest BCUT2D eigenvalue weighted by molar-refractivity contribution is 0.0693.